The number of amides is 2. The van der Waals surface area contributed by atoms with Gasteiger partial charge in [-0.25, -0.2) is 0 Å². The third-order valence-corrected chi connectivity index (χ3v) is 5.87. The number of carbonyl (C=O) groups excluding carboxylic acids is 2. The third-order valence-electron chi connectivity index (χ3n) is 5.87. The first-order chi connectivity index (χ1) is 14.5. The lowest BCUT2D eigenvalue weighted by molar-refractivity contribution is -0.129. The molecule has 0 radical (unpaired) electrons. The summed E-state index contributed by atoms with van der Waals surface area (Å²) in [7, 11) is 2.13. The predicted molar refractivity (Wildman–Crippen MR) is 120 cm³/mol. The lowest BCUT2D eigenvalue weighted by atomic mass is 9.93. The second-order valence-corrected chi connectivity index (χ2v) is 7.95. The number of hydrogen-bond acceptors (Lipinski definition) is 4. The van der Waals surface area contributed by atoms with E-state index in [1.165, 1.54) is 6.92 Å². The van der Waals surface area contributed by atoms with Gasteiger partial charge >= 0.3 is 0 Å². The number of nitrogens with one attached hydrogen (secondary N) is 1. The zero-order valence-corrected chi connectivity index (χ0v) is 17.5. The molecule has 0 bridgehead atoms. The van der Waals surface area contributed by atoms with Gasteiger partial charge in [-0.2, -0.15) is 0 Å². The summed E-state index contributed by atoms with van der Waals surface area (Å²) in [5.41, 5.74) is 3.91. The van der Waals surface area contributed by atoms with E-state index in [0.717, 1.165) is 48.7 Å². The highest BCUT2D eigenvalue weighted by molar-refractivity contribution is 5.95. The van der Waals surface area contributed by atoms with Crippen molar-refractivity contribution < 1.29 is 9.59 Å². The van der Waals surface area contributed by atoms with E-state index in [1.807, 2.05) is 48.5 Å². The maximum atomic E-state index is 13.0. The molecule has 1 saturated heterocycles. The Hall–Kier alpha value is -3.12. The smallest absolute Gasteiger partial charge is 0.226 e. The van der Waals surface area contributed by atoms with Crippen molar-refractivity contribution in [2.75, 3.05) is 43.4 Å². The predicted octanol–water partition coefficient (Wildman–Crippen LogP) is 3.34. The van der Waals surface area contributed by atoms with Gasteiger partial charge < -0.3 is 20.0 Å². The van der Waals surface area contributed by atoms with Crippen LogP contribution in [0, 0.1) is 0 Å². The average Bonchev–Trinajstić information content (AvgIpc) is 2.75. The van der Waals surface area contributed by atoms with E-state index in [2.05, 4.69) is 28.2 Å². The summed E-state index contributed by atoms with van der Waals surface area (Å²) < 4.78 is 0. The van der Waals surface area contributed by atoms with Crippen LogP contribution in [0.2, 0.25) is 0 Å². The summed E-state index contributed by atoms with van der Waals surface area (Å²) >= 11 is 0. The monoisotopic (exact) mass is 404 g/mol. The van der Waals surface area contributed by atoms with Gasteiger partial charge in [0, 0.05) is 39.3 Å². The molecule has 0 aliphatic carbocycles. The van der Waals surface area contributed by atoms with Gasteiger partial charge in [0.15, 0.2) is 0 Å². The van der Waals surface area contributed by atoms with E-state index in [9.17, 15) is 9.59 Å². The van der Waals surface area contributed by atoms with E-state index < -0.39 is 0 Å². The molecule has 1 fully saturated rings. The fraction of sp³-hybridized carbons (Fsp3) is 0.333. The molecule has 2 aromatic rings. The standard InChI is InChI=1S/C24H28N4O2/c1-18(29)28-12-11-19-7-3-4-8-20(19)23(28)17-24(30)25-21-9-5-6-10-22(21)27-15-13-26(2)14-16-27/h3-12,23H,13-17H2,1-2H3,(H,25,30)/t23-/m0/s1. The molecule has 0 saturated carbocycles. The molecule has 2 aliphatic rings. The Morgan fingerprint density at radius 2 is 1.70 bits per heavy atom. The van der Waals surface area contributed by atoms with Crippen LogP contribution in [-0.4, -0.2) is 54.8 Å². The second-order valence-electron chi connectivity index (χ2n) is 7.95. The van der Waals surface area contributed by atoms with E-state index >= 15 is 0 Å². The number of carbonyl (C=O) groups is 2. The summed E-state index contributed by atoms with van der Waals surface area (Å²) in [5, 5.41) is 3.10. The molecule has 1 N–H and O–H groups in total. The largest absolute Gasteiger partial charge is 0.367 e. The molecule has 0 spiro atoms. The number of piperazine rings is 1. The molecule has 2 aromatic carbocycles. The first kappa shape index (κ1) is 20.2. The SMILES string of the molecule is CC(=O)N1C=Cc2ccccc2[C@@H]1CC(=O)Nc1ccccc1N1CCN(C)CC1. The van der Waals surface area contributed by atoms with Gasteiger partial charge in [0.05, 0.1) is 23.8 Å². The molecule has 1 atom stereocenters. The van der Waals surface area contributed by atoms with Crippen molar-refractivity contribution in [1.29, 1.82) is 0 Å². The van der Waals surface area contributed by atoms with E-state index in [4.69, 9.17) is 0 Å². The summed E-state index contributed by atoms with van der Waals surface area (Å²) in [4.78, 5) is 31.5. The average molecular weight is 405 g/mol. The lowest BCUT2D eigenvalue weighted by Gasteiger charge is -2.35. The lowest BCUT2D eigenvalue weighted by Crippen LogP contribution is -2.44. The maximum absolute atomic E-state index is 13.0. The summed E-state index contributed by atoms with van der Waals surface area (Å²) in [6.45, 7) is 5.40. The topological polar surface area (TPSA) is 55.9 Å². The molecule has 2 aliphatic heterocycles. The van der Waals surface area contributed by atoms with Crippen molar-refractivity contribution in [3.63, 3.8) is 0 Å². The highest BCUT2D eigenvalue weighted by atomic mass is 16.2. The van der Waals surface area contributed by atoms with Crippen molar-refractivity contribution in [2.24, 2.45) is 0 Å². The molecular weight excluding hydrogens is 376 g/mol. The van der Waals surface area contributed by atoms with Gasteiger partial charge in [-0.05, 0) is 36.4 Å². The van der Waals surface area contributed by atoms with Crippen LogP contribution in [0.1, 0.15) is 30.5 Å². The van der Waals surface area contributed by atoms with Crippen LogP contribution in [0.4, 0.5) is 11.4 Å². The molecule has 4 rings (SSSR count). The Morgan fingerprint density at radius 1 is 1.00 bits per heavy atom. The molecule has 2 heterocycles. The first-order valence-corrected chi connectivity index (χ1v) is 10.4. The van der Waals surface area contributed by atoms with Crippen molar-refractivity contribution in [2.45, 2.75) is 19.4 Å². The Balaban J connectivity index is 1.52. The van der Waals surface area contributed by atoms with Crippen LogP contribution >= 0.6 is 0 Å². The first-order valence-electron chi connectivity index (χ1n) is 10.4. The van der Waals surface area contributed by atoms with Crippen molar-refractivity contribution in [3.8, 4) is 0 Å². The number of rotatable bonds is 4. The van der Waals surface area contributed by atoms with E-state index in [-0.39, 0.29) is 24.3 Å². The van der Waals surface area contributed by atoms with Crippen LogP contribution < -0.4 is 10.2 Å². The molecule has 6 heteroatoms. The second kappa shape index (κ2) is 8.71. The van der Waals surface area contributed by atoms with Crippen LogP contribution in [0.5, 0.6) is 0 Å². The molecule has 156 valence electrons. The molecule has 0 aromatic heterocycles. The molecule has 30 heavy (non-hydrogen) atoms. The van der Waals surface area contributed by atoms with Gasteiger partial charge in [0.1, 0.15) is 0 Å². The van der Waals surface area contributed by atoms with Crippen molar-refractivity contribution >= 4 is 29.3 Å². The Morgan fingerprint density at radius 3 is 2.47 bits per heavy atom. The van der Waals surface area contributed by atoms with Crippen molar-refractivity contribution in [1.82, 2.24) is 9.80 Å². The minimum absolute atomic E-state index is 0.0728. The zero-order valence-electron chi connectivity index (χ0n) is 17.5. The Bertz CT molecular complexity index is 963. The zero-order chi connectivity index (χ0) is 21.1. The minimum Gasteiger partial charge on any atom is -0.367 e. The molecule has 2 amide bonds. The quantitative estimate of drug-likeness (QED) is 0.849. The maximum Gasteiger partial charge on any atom is 0.226 e. The minimum atomic E-state index is -0.306. The van der Waals surface area contributed by atoms with Gasteiger partial charge in [0.2, 0.25) is 11.8 Å². The van der Waals surface area contributed by atoms with E-state index in [0.29, 0.717) is 0 Å². The van der Waals surface area contributed by atoms with Crippen LogP contribution in [0.25, 0.3) is 6.08 Å². The third kappa shape index (κ3) is 4.24. The highest BCUT2D eigenvalue weighted by Gasteiger charge is 2.28. The molecule has 6 nitrogen and oxygen atoms in total. The number of likely N-dealkylation sites (N-methyl/N-ethyl adjacent to an activating group) is 1. The fourth-order valence-electron chi connectivity index (χ4n) is 4.19. The van der Waals surface area contributed by atoms with Crippen LogP contribution in [0.3, 0.4) is 0 Å². The number of para-hydroxylation sites is 2. The number of benzene rings is 2. The summed E-state index contributed by atoms with van der Waals surface area (Å²) in [6, 6.07) is 15.6. The van der Waals surface area contributed by atoms with Crippen molar-refractivity contribution in [3.05, 3.63) is 65.9 Å². The van der Waals surface area contributed by atoms with E-state index in [1.54, 1.807) is 11.1 Å². The molecular formula is C24H28N4O2. The van der Waals surface area contributed by atoms with Gasteiger partial charge in [-0.15, -0.1) is 0 Å². The number of nitrogens with zero attached hydrogens (tertiary/aromatic N) is 3. The number of hydrogen-bond donors (Lipinski definition) is 1. The van der Waals surface area contributed by atoms with Crippen LogP contribution in [0.15, 0.2) is 54.7 Å². The Labute approximate surface area is 177 Å². The number of anilines is 2. The van der Waals surface area contributed by atoms with Gasteiger partial charge in [0.25, 0.3) is 0 Å². The summed E-state index contributed by atoms with van der Waals surface area (Å²) in [5.74, 6) is -0.172. The molecule has 0 unspecified atom stereocenters. The van der Waals surface area contributed by atoms with Gasteiger partial charge in [-0.1, -0.05) is 36.4 Å². The Kier molecular flexibility index (Phi) is 5.86. The summed E-state index contributed by atoms with van der Waals surface area (Å²) in [6.07, 6.45) is 3.91. The number of fused-ring (bicyclic) bond motifs is 1. The normalized spacial score (nSPS) is 18.8. The van der Waals surface area contributed by atoms with Crippen LogP contribution in [-0.2, 0) is 9.59 Å². The highest BCUT2D eigenvalue weighted by Crippen LogP contribution is 2.34. The fourth-order valence-corrected chi connectivity index (χ4v) is 4.19. The van der Waals surface area contributed by atoms with Gasteiger partial charge in [-0.3, -0.25) is 9.59 Å².